The Morgan fingerprint density at radius 1 is 1.07 bits per heavy atom. The second kappa shape index (κ2) is 4.97. The predicted octanol–water partition coefficient (Wildman–Crippen LogP) is 1.56. The molecule has 3 N–H and O–H groups in total. The Balaban J connectivity index is 1.74. The van der Waals surface area contributed by atoms with Crippen molar-refractivity contribution < 1.29 is 4.79 Å². The highest BCUT2D eigenvalue weighted by atomic mass is 16.1. The van der Waals surface area contributed by atoms with E-state index in [-0.39, 0.29) is 11.8 Å². The van der Waals surface area contributed by atoms with E-state index in [2.05, 4.69) is 5.32 Å². The molecule has 0 aliphatic heterocycles. The summed E-state index contributed by atoms with van der Waals surface area (Å²) < 4.78 is 0. The van der Waals surface area contributed by atoms with Gasteiger partial charge in [0.1, 0.15) is 0 Å². The van der Waals surface area contributed by atoms with Crippen LogP contribution >= 0.6 is 0 Å². The van der Waals surface area contributed by atoms with Gasteiger partial charge in [0.25, 0.3) is 0 Å². The maximum atomic E-state index is 11.9. The van der Waals surface area contributed by atoms with Crippen LogP contribution in [0.25, 0.3) is 0 Å². The fraction of sp³-hybridized carbons (Fsp3) is 0.917. The fourth-order valence-corrected chi connectivity index (χ4v) is 2.64. The van der Waals surface area contributed by atoms with Crippen LogP contribution in [0.2, 0.25) is 0 Å². The van der Waals surface area contributed by atoms with Gasteiger partial charge in [0.15, 0.2) is 0 Å². The summed E-state index contributed by atoms with van der Waals surface area (Å²) in [7, 11) is 0. The molecule has 3 heteroatoms. The standard InChI is InChI=1S/C12H22N2O/c13-10-7-11(8-10)14-12(15)9-5-3-1-2-4-6-9/h9-11H,1-8,13H2,(H,14,15). The number of nitrogens with one attached hydrogen (secondary N) is 1. The third-order valence-corrected chi connectivity index (χ3v) is 3.75. The first-order valence-electron chi connectivity index (χ1n) is 6.31. The number of hydrogen-bond acceptors (Lipinski definition) is 2. The Bertz CT molecular complexity index is 216. The molecule has 0 aromatic carbocycles. The summed E-state index contributed by atoms with van der Waals surface area (Å²) in [6.45, 7) is 0. The van der Waals surface area contributed by atoms with E-state index in [1.165, 1.54) is 25.7 Å². The van der Waals surface area contributed by atoms with E-state index < -0.39 is 0 Å². The van der Waals surface area contributed by atoms with Gasteiger partial charge in [-0.3, -0.25) is 4.79 Å². The lowest BCUT2D eigenvalue weighted by molar-refractivity contribution is -0.126. The summed E-state index contributed by atoms with van der Waals surface area (Å²) in [4.78, 5) is 11.9. The van der Waals surface area contributed by atoms with E-state index in [9.17, 15) is 4.79 Å². The van der Waals surface area contributed by atoms with Crippen molar-refractivity contribution in [3.63, 3.8) is 0 Å². The van der Waals surface area contributed by atoms with E-state index in [4.69, 9.17) is 5.73 Å². The zero-order valence-electron chi connectivity index (χ0n) is 9.37. The molecule has 15 heavy (non-hydrogen) atoms. The molecule has 3 nitrogen and oxygen atoms in total. The van der Waals surface area contributed by atoms with E-state index in [0.29, 0.717) is 12.1 Å². The van der Waals surface area contributed by atoms with E-state index in [1.54, 1.807) is 0 Å². The van der Waals surface area contributed by atoms with Gasteiger partial charge >= 0.3 is 0 Å². The van der Waals surface area contributed by atoms with Crippen LogP contribution in [0.1, 0.15) is 51.4 Å². The molecule has 0 radical (unpaired) electrons. The summed E-state index contributed by atoms with van der Waals surface area (Å²) in [6.07, 6.45) is 9.17. The monoisotopic (exact) mass is 210 g/mol. The largest absolute Gasteiger partial charge is 0.353 e. The molecule has 2 aliphatic carbocycles. The van der Waals surface area contributed by atoms with Crippen LogP contribution in [0, 0.1) is 5.92 Å². The van der Waals surface area contributed by atoms with Crippen molar-refractivity contribution >= 4 is 5.91 Å². The zero-order chi connectivity index (χ0) is 10.7. The Kier molecular flexibility index (Phi) is 3.62. The van der Waals surface area contributed by atoms with Gasteiger partial charge in [-0.2, -0.15) is 0 Å². The maximum Gasteiger partial charge on any atom is 0.223 e. The number of hydrogen-bond donors (Lipinski definition) is 2. The van der Waals surface area contributed by atoms with Crippen LogP contribution in [0.5, 0.6) is 0 Å². The van der Waals surface area contributed by atoms with Crippen LogP contribution in [-0.4, -0.2) is 18.0 Å². The van der Waals surface area contributed by atoms with Gasteiger partial charge in [-0.15, -0.1) is 0 Å². The lowest BCUT2D eigenvalue weighted by Gasteiger charge is -2.34. The molecular weight excluding hydrogens is 188 g/mol. The molecule has 0 spiro atoms. The number of carbonyl (C=O) groups excluding carboxylic acids is 1. The summed E-state index contributed by atoms with van der Waals surface area (Å²) >= 11 is 0. The van der Waals surface area contributed by atoms with E-state index >= 15 is 0 Å². The van der Waals surface area contributed by atoms with Gasteiger partial charge in [-0.05, 0) is 25.7 Å². The van der Waals surface area contributed by atoms with E-state index in [0.717, 1.165) is 25.7 Å². The van der Waals surface area contributed by atoms with Gasteiger partial charge in [-0.1, -0.05) is 25.7 Å². The molecule has 0 bridgehead atoms. The highest BCUT2D eigenvalue weighted by molar-refractivity contribution is 5.79. The first-order chi connectivity index (χ1) is 7.25. The summed E-state index contributed by atoms with van der Waals surface area (Å²) in [5.74, 6) is 0.568. The molecule has 0 aromatic rings. The van der Waals surface area contributed by atoms with Crippen molar-refractivity contribution in [2.24, 2.45) is 11.7 Å². The van der Waals surface area contributed by atoms with Crippen molar-refractivity contribution in [1.82, 2.24) is 5.32 Å². The van der Waals surface area contributed by atoms with Gasteiger partial charge in [0.05, 0.1) is 0 Å². The summed E-state index contributed by atoms with van der Waals surface area (Å²) in [5.41, 5.74) is 5.70. The average Bonchev–Trinajstić information content (AvgIpc) is 2.43. The number of carbonyl (C=O) groups is 1. The lowest BCUT2D eigenvalue weighted by atomic mass is 9.87. The molecule has 0 saturated heterocycles. The normalized spacial score (nSPS) is 32.9. The Labute approximate surface area is 91.8 Å². The number of rotatable bonds is 2. The first kappa shape index (κ1) is 10.9. The smallest absolute Gasteiger partial charge is 0.223 e. The molecule has 2 fully saturated rings. The molecule has 0 unspecified atom stereocenters. The minimum absolute atomic E-state index is 0.282. The number of amides is 1. The van der Waals surface area contributed by atoms with Crippen LogP contribution in [0.4, 0.5) is 0 Å². The Morgan fingerprint density at radius 2 is 1.67 bits per heavy atom. The molecule has 0 aromatic heterocycles. The first-order valence-corrected chi connectivity index (χ1v) is 6.31. The van der Waals surface area contributed by atoms with Gasteiger partial charge in [-0.25, -0.2) is 0 Å². The molecular formula is C12H22N2O. The molecule has 1 amide bonds. The SMILES string of the molecule is NC1CC(NC(=O)C2CCCCCC2)C1. The highest BCUT2D eigenvalue weighted by Crippen LogP contribution is 2.24. The van der Waals surface area contributed by atoms with Crippen molar-refractivity contribution in [2.45, 2.75) is 63.5 Å². The second-order valence-corrected chi connectivity index (χ2v) is 5.13. The van der Waals surface area contributed by atoms with Crippen LogP contribution in [0.3, 0.4) is 0 Å². The third kappa shape index (κ3) is 2.94. The third-order valence-electron chi connectivity index (χ3n) is 3.75. The Morgan fingerprint density at radius 3 is 2.20 bits per heavy atom. The van der Waals surface area contributed by atoms with Crippen molar-refractivity contribution in [2.75, 3.05) is 0 Å². The zero-order valence-corrected chi connectivity index (χ0v) is 9.37. The van der Waals surface area contributed by atoms with Gasteiger partial charge in [0, 0.05) is 18.0 Å². The van der Waals surface area contributed by atoms with Crippen LogP contribution < -0.4 is 11.1 Å². The fourth-order valence-electron chi connectivity index (χ4n) is 2.64. The van der Waals surface area contributed by atoms with Gasteiger partial charge < -0.3 is 11.1 Å². The Hall–Kier alpha value is -0.570. The summed E-state index contributed by atoms with van der Waals surface area (Å²) in [6, 6.07) is 0.695. The highest BCUT2D eigenvalue weighted by Gasteiger charge is 2.29. The van der Waals surface area contributed by atoms with E-state index in [1.807, 2.05) is 0 Å². The second-order valence-electron chi connectivity index (χ2n) is 5.13. The maximum absolute atomic E-state index is 11.9. The quantitative estimate of drug-likeness (QED) is 0.680. The van der Waals surface area contributed by atoms with Crippen molar-refractivity contribution in [1.29, 1.82) is 0 Å². The van der Waals surface area contributed by atoms with Crippen LogP contribution in [-0.2, 0) is 4.79 Å². The lowest BCUT2D eigenvalue weighted by Crippen LogP contribution is -2.51. The molecule has 2 saturated carbocycles. The number of nitrogens with two attached hydrogens (primary N) is 1. The molecule has 2 rings (SSSR count). The molecule has 0 atom stereocenters. The average molecular weight is 210 g/mol. The molecule has 0 heterocycles. The minimum atomic E-state index is 0.282. The van der Waals surface area contributed by atoms with Crippen molar-refractivity contribution in [3.8, 4) is 0 Å². The van der Waals surface area contributed by atoms with Crippen LogP contribution in [0.15, 0.2) is 0 Å². The predicted molar refractivity (Wildman–Crippen MR) is 60.3 cm³/mol. The topological polar surface area (TPSA) is 55.1 Å². The molecule has 2 aliphatic rings. The van der Waals surface area contributed by atoms with Crippen molar-refractivity contribution in [3.05, 3.63) is 0 Å². The molecule has 86 valence electrons. The summed E-state index contributed by atoms with van der Waals surface area (Å²) in [5, 5.41) is 3.13. The minimum Gasteiger partial charge on any atom is -0.353 e. The van der Waals surface area contributed by atoms with Gasteiger partial charge in [0.2, 0.25) is 5.91 Å².